The highest BCUT2D eigenvalue weighted by molar-refractivity contribution is 7.12. The molecule has 1 fully saturated rings. The van der Waals surface area contributed by atoms with E-state index in [1.165, 1.54) is 16.2 Å². The molecular formula is C25H22F2N2O3S. The Hall–Kier alpha value is -3.39. The first-order chi connectivity index (χ1) is 15.9. The summed E-state index contributed by atoms with van der Waals surface area (Å²) in [4.78, 5) is 42.4. The fraction of sp³-hybridized carbons (Fsp3) is 0.240. The quantitative estimate of drug-likeness (QED) is 0.493. The Morgan fingerprint density at radius 2 is 1.70 bits per heavy atom. The number of rotatable bonds is 5. The number of hydrogen-bond donors (Lipinski definition) is 0. The minimum atomic E-state index is -0.743. The lowest BCUT2D eigenvalue weighted by atomic mass is 9.88. The highest BCUT2D eigenvalue weighted by atomic mass is 32.1. The molecule has 33 heavy (non-hydrogen) atoms. The van der Waals surface area contributed by atoms with Crippen molar-refractivity contribution in [1.82, 2.24) is 4.90 Å². The van der Waals surface area contributed by atoms with E-state index in [1.54, 1.807) is 48.3 Å². The Morgan fingerprint density at radius 1 is 0.970 bits per heavy atom. The molecule has 0 N–H and O–H groups in total. The molecule has 1 aliphatic rings. The third kappa shape index (κ3) is 4.71. The van der Waals surface area contributed by atoms with Crippen LogP contribution in [-0.2, 0) is 0 Å². The molecule has 2 aromatic carbocycles. The summed E-state index contributed by atoms with van der Waals surface area (Å²) < 4.78 is 27.5. The minimum absolute atomic E-state index is 0.202. The fourth-order valence-corrected chi connectivity index (χ4v) is 4.74. The second kappa shape index (κ2) is 9.62. The Morgan fingerprint density at radius 3 is 2.39 bits per heavy atom. The lowest BCUT2D eigenvalue weighted by Crippen LogP contribution is -2.41. The topological polar surface area (TPSA) is 57.7 Å². The maximum Gasteiger partial charge on any atom is 0.268 e. The van der Waals surface area contributed by atoms with Gasteiger partial charge in [-0.1, -0.05) is 18.2 Å². The van der Waals surface area contributed by atoms with Crippen LogP contribution in [0.4, 0.5) is 14.5 Å². The van der Waals surface area contributed by atoms with E-state index in [-0.39, 0.29) is 17.4 Å². The van der Waals surface area contributed by atoms with Gasteiger partial charge in [0.2, 0.25) is 0 Å². The van der Waals surface area contributed by atoms with Crippen molar-refractivity contribution in [2.75, 3.05) is 25.0 Å². The van der Waals surface area contributed by atoms with Gasteiger partial charge >= 0.3 is 0 Å². The van der Waals surface area contributed by atoms with E-state index in [1.807, 2.05) is 5.38 Å². The summed E-state index contributed by atoms with van der Waals surface area (Å²) in [5.74, 6) is -2.77. The van der Waals surface area contributed by atoms with Crippen LogP contribution in [0, 0.1) is 17.6 Å². The standard InChI is InChI=1S/C25H22F2N2O3S/c1-28(25(32)22-7-4-14-33-22)21-6-3-2-5-18(21)24(31)29-12-10-16(11-13-29)23(30)19-15-17(26)8-9-20(19)27/h2-9,14-16H,10-13H2,1H3. The molecule has 0 aliphatic carbocycles. The van der Waals surface area contributed by atoms with Gasteiger partial charge in [-0.15, -0.1) is 11.3 Å². The molecule has 0 saturated carbocycles. The van der Waals surface area contributed by atoms with E-state index in [9.17, 15) is 23.2 Å². The van der Waals surface area contributed by atoms with E-state index in [0.29, 0.717) is 42.1 Å². The number of halogens is 2. The highest BCUT2D eigenvalue weighted by Crippen LogP contribution is 2.28. The Kier molecular flexibility index (Phi) is 6.65. The predicted molar refractivity (Wildman–Crippen MR) is 123 cm³/mol. The van der Waals surface area contributed by atoms with Gasteiger partial charge in [-0.3, -0.25) is 14.4 Å². The normalized spacial score (nSPS) is 14.2. The van der Waals surface area contributed by atoms with E-state index in [0.717, 1.165) is 18.2 Å². The first kappa shape index (κ1) is 22.8. The Bertz CT molecular complexity index is 1190. The number of benzene rings is 2. The van der Waals surface area contributed by atoms with E-state index in [2.05, 4.69) is 0 Å². The van der Waals surface area contributed by atoms with Crippen molar-refractivity contribution in [3.63, 3.8) is 0 Å². The van der Waals surface area contributed by atoms with Crippen LogP contribution in [-0.4, -0.2) is 42.6 Å². The molecule has 0 atom stereocenters. The van der Waals surface area contributed by atoms with Crippen LogP contribution in [0.15, 0.2) is 60.0 Å². The number of likely N-dealkylation sites (tertiary alicyclic amines) is 1. The Balaban J connectivity index is 1.47. The van der Waals surface area contributed by atoms with Crippen molar-refractivity contribution in [2.45, 2.75) is 12.8 Å². The summed E-state index contributed by atoms with van der Waals surface area (Å²) in [7, 11) is 1.63. The molecule has 2 amide bonds. The summed E-state index contributed by atoms with van der Waals surface area (Å²) in [5, 5.41) is 1.82. The molecule has 5 nitrogen and oxygen atoms in total. The largest absolute Gasteiger partial charge is 0.339 e. The number of thiophene rings is 1. The zero-order chi connectivity index (χ0) is 23.5. The van der Waals surface area contributed by atoms with Crippen molar-refractivity contribution in [2.24, 2.45) is 5.92 Å². The highest BCUT2D eigenvalue weighted by Gasteiger charge is 2.31. The molecule has 0 spiro atoms. The summed E-state index contributed by atoms with van der Waals surface area (Å²) in [5.41, 5.74) is 0.644. The van der Waals surface area contributed by atoms with Crippen molar-refractivity contribution in [3.05, 3.63) is 87.6 Å². The SMILES string of the molecule is CN(C(=O)c1cccs1)c1ccccc1C(=O)N1CCC(C(=O)c2cc(F)ccc2F)CC1. The monoisotopic (exact) mass is 468 g/mol. The average Bonchev–Trinajstić information content (AvgIpc) is 3.39. The van der Waals surface area contributed by atoms with Crippen LogP contribution in [0.25, 0.3) is 0 Å². The smallest absolute Gasteiger partial charge is 0.268 e. The molecule has 0 radical (unpaired) electrons. The van der Waals surface area contributed by atoms with Gasteiger partial charge in [0.15, 0.2) is 5.78 Å². The van der Waals surface area contributed by atoms with Crippen LogP contribution in [0.2, 0.25) is 0 Å². The van der Waals surface area contributed by atoms with Gasteiger partial charge in [0.05, 0.1) is 21.7 Å². The number of Topliss-reactive ketones (excluding diaryl/α,β-unsaturated/α-hetero) is 1. The van der Waals surface area contributed by atoms with Gasteiger partial charge in [0.25, 0.3) is 11.8 Å². The molecule has 1 saturated heterocycles. The van der Waals surface area contributed by atoms with E-state index < -0.39 is 23.3 Å². The fourth-order valence-electron chi connectivity index (χ4n) is 4.04. The maximum absolute atomic E-state index is 14.0. The minimum Gasteiger partial charge on any atom is -0.339 e. The lowest BCUT2D eigenvalue weighted by Gasteiger charge is -2.32. The number of amides is 2. The molecule has 3 aromatic rings. The molecule has 0 bridgehead atoms. The van der Waals surface area contributed by atoms with Gasteiger partial charge in [0, 0.05) is 26.1 Å². The van der Waals surface area contributed by atoms with E-state index in [4.69, 9.17) is 0 Å². The molecule has 170 valence electrons. The number of hydrogen-bond acceptors (Lipinski definition) is 4. The summed E-state index contributed by atoms with van der Waals surface area (Å²) >= 11 is 1.33. The third-order valence-corrected chi connectivity index (χ3v) is 6.74. The van der Waals surface area contributed by atoms with Crippen LogP contribution in [0.5, 0.6) is 0 Å². The Labute approximate surface area is 194 Å². The maximum atomic E-state index is 14.0. The first-order valence-corrected chi connectivity index (χ1v) is 11.4. The number of carbonyl (C=O) groups excluding carboxylic acids is 3. The zero-order valence-electron chi connectivity index (χ0n) is 18.0. The lowest BCUT2D eigenvalue weighted by molar-refractivity contribution is 0.0649. The molecular weight excluding hydrogens is 446 g/mol. The zero-order valence-corrected chi connectivity index (χ0v) is 18.8. The average molecular weight is 469 g/mol. The second-order valence-electron chi connectivity index (χ2n) is 7.91. The van der Waals surface area contributed by atoms with Crippen molar-refractivity contribution in [1.29, 1.82) is 0 Å². The summed E-state index contributed by atoms with van der Waals surface area (Å²) in [6.45, 7) is 0.617. The summed E-state index contributed by atoms with van der Waals surface area (Å²) in [6.07, 6.45) is 0.708. The number of piperidine rings is 1. The number of anilines is 1. The first-order valence-electron chi connectivity index (χ1n) is 10.6. The van der Waals surface area contributed by atoms with Gasteiger partial charge in [0.1, 0.15) is 11.6 Å². The molecule has 4 rings (SSSR count). The van der Waals surface area contributed by atoms with Crippen molar-refractivity contribution < 1.29 is 23.2 Å². The van der Waals surface area contributed by atoms with Crippen LogP contribution >= 0.6 is 11.3 Å². The number of nitrogens with zero attached hydrogens (tertiary/aromatic N) is 2. The van der Waals surface area contributed by atoms with Crippen molar-refractivity contribution in [3.8, 4) is 0 Å². The van der Waals surface area contributed by atoms with Gasteiger partial charge in [-0.05, 0) is 54.6 Å². The van der Waals surface area contributed by atoms with Crippen LogP contribution < -0.4 is 4.90 Å². The second-order valence-corrected chi connectivity index (χ2v) is 8.86. The predicted octanol–water partition coefficient (Wildman–Crippen LogP) is 5.04. The van der Waals surface area contributed by atoms with Gasteiger partial charge in [-0.25, -0.2) is 8.78 Å². The number of para-hydroxylation sites is 1. The van der Waals surface area contributed by atoms with Crippen LogP contribution in [0.3, 0.4) is 0 Å². The van der Waals surface area contributed by atoms with Crippen LogP contribution in [0.1, 0.15) is 43.2 Å². The number of ketones is 1. The summed E-state index contributed by atoms with van der Waals surface area (Å²) in [6, 6.07) is 13.3. The molecule has 0 unspecified atom stereocenters. The molecule has 8 heteroatoms. The molecule has 1 aliphatic heterocycles. The molecule has 2 heterocycles. The van der Waals surface area contributed by atoms with Gasteiger partial charge in [-0.2, -0.15) is 0 Å². The van der Waals surface area contributed by atoms with Crippen molar-refractivity contribution >= 4 is 34.6 Å². The van der Waals surface area contributed by atoms with Gasteiger partial charge < -0.3 is 9.80 Å². The third-order valence-electron chi connectivity index (χ3n) is 5.88. The molecule has 1 aromatic heterocycles. The van der Waals surface area contributed by atoms with E-state index >= 15 is 0 Å². The number of carbonyl (C=O) groups is 3.